The lowest BCUT2D eigenvalue weighted by Crippen LogP contribution is -2.46. The van der Waals surface area contributed by atoms with Crippen LogP contribution in [0.4, 0.5) is 0 Å². The lowest BCUT2D eigenvalue weighted by atomic mass is 9.84. The van der Waals surface area contributed by atoms with Gasteiger partial charge in [0.1, 0.15) is 12.4 Å². The van der Waals surface area contributed by atoms with Crippen LogP contribution in [-0.4, -0.2) is 105 Å². The molecule has 2 aliphatic rings. The van der Waals surface area contributed by atoms with Gasteiger partial charge in [-0.25, -0.2) is 0 Å². The minimum absolute atomic E-state index is 0.0442. The zero-order chi connectivity index (χ0) is 30.1. The molecule has 42 heavy (non-hydrogen) atoms. The molecule has 2 aromatic carbocycles. The molecule has 1 N–H and O–H groups in total. The van der Waals surface area contributed by atoms with E-state index < -0.39 is 17.9 Å². The van der Waals surface area contributed by atoms with Crippen LogP contribution in [0.2, 0.25) is 0 Å². The molecule has 9 nitrogen and oxygen atoms in total. The summed E-state index contributed by atoms with van der Waals surface area (Å²) < 4.78 is 17.4. The Morgan fingerprint density at radius 3 is 2.50 bits per heavy atom. The maximum Gasteiger partial charge on any atom is 0.308 e. The van der Waals surface area contributed by atoms with Gasteiger partial charge in [-0.1, -0.05) is 37.6 Å². The lowest BCUT2D eigenvalue weighted by Gasteiger charge is -2.30. The quantitative estimate of drug-likeness (QED) is 0.296. The zero-order valence-corrected chi connectivity index (χ0v) is 25.6. The highest BCUT2D eigenvalue weighted by Gasteiger charge is 2.48. The third-order valence-electron chi connectivity index (χ3n) is 8.41. The van der Waals surface area contributed by atoms with Gasteiger partial charge in [-0.05, 0) is 69.2 Å². The van der Waals surface area contributed by atoms with Gasteiger partial charge in [-0.15, -0.1) is 0 Å². The maximum atomic E-state index is 13.8. The molecule has 3 atom stereocenters. The number of aliphatic carboxylic acids is 1. The number of para-hydroxylation sites is 2. The molecule has 2 aromatic rings. The number of hydrogen-bond acceptors (Lipinski definition) is 7. The van der Waals surface area contributed by atoms with E-state index in [-0.39, 0.29) is 25.0 Å². The number of carboxylic acids is 1. The largest absolute Gasteiger partial charge is 0.493 e. The number of ether oxygens (including phenoxy) is 3. The summed E-state index contributed by atoms with van der Waals surface area (Å²) in [6, 6.07) is 12.9. The van der Waals surface area contributed by atoms with E-state index in [2.05, 4.69) is 32.0 Å². The van der Waals surface area contributed by atoms with Crippen molar-refractivity contribution in [1.29, 1.82) is 0 Å². The number of carbonyl (C=O) groups excluding carboxylic acids is 1. The van der Waals surface area contributed by atoms with Crippen molar-refractivity contribution in [2.75, 3.05) is 67.1 Å². The van der Waals surface area contributed by atoms with Crippen LogP contribution in [-0.2, 0) is 16.0 Å². The summed E-state index contributed by atoms with van der Waals surface area (Å²) in [7, 11) is 5.70. The van der Waals surface area contributed by atoms with Gasteiger partial charge in [0.15, 0.2) is 11.5 Å². The molecule has 0 spiro atoms. The predicted octanol–water partition coefficient (Wildman–Crippen LogP) is 4.15. The summed E-state index contributed by atoms with van der Waals surface area (Å²) in [4.78, 5) is 32.8. The van der Waals surface area contributed by atoms with Crippen LogP contribution in [0.5, 0.6) is 17.2 Å². The Hall–Kier alpha value is -3.30. The maximum absolute atomic E-state index is 13.8. The van der Waals surface area contributed by atoms with Crippen molar-refractivity contribution >= 4 is 11.9 Å². The van der Waals surface area contributed by atoms with Crippen LogP contribution in [0.3, 0.4) is 0 Å². The van der Waals surface area contributed by atoms with Gasteiger partial charge in [0.05, 0.1) is 32.2 Å². The number of benzene rings is 2. The molecule has 0 aromatic heterocycles. The first-order valence-corrected chi connectivity index (χ1v) is 15.2. The smallest absolute Gasteiger partial charge is 0.308 e. The third-order valence-corrected chi connectivity index (χ3v) is 8.41. The summed E-state index contributed by atoms with van der Waals surface area (Å²) in [6.45, 7) is 5.93. The average Bonchev–Trinajstić information content (AvgIpc) is 3.59. The molecule has 4 rings (SSSR count). The van der Waals surface area contributed by atoms with E-state index in [1.165, 1.54) is 0 Å². The lowest BCUT2D eigenvalue weighted by molar-refractivity contribution is -0.144. The van der Waals surface area contributed by atoms with Crippen molar-refractivity contribution < 1.29 is 28.9 Å². The second kappa shape index (κ2) is 15.3. The Balaban J connectivity index is 1.57. The number of methoxy groups -OCH3 is 1. The number of fused-ring (bicyclic) bond motifs is 1. The molecule has 1 saturated heterocycles. The van der Waals surface area contributed by atoms with Gasteiger partial charge in [0.25, 0.3) is 0 Å². The van der Waals surface area contributed by atoms with Gasteiger partial charge in [-0.3, -0.25) is 14.5 Å². The first-order valence-electron chi connectivity index (χ1n) is 15.2. The topological polar surface area (TPSA) is 91.8 Å². The Bertz CT molecular complexity index is 1190. The summed E-state index contributed by atoms with van der Waals surface area (Å²) in [5.74, 6) is 0.151. The van der Waals surface area contributed by atoms with Crippen LogP contribution < -0.4 is 14.2 Å². The van der Waals surface area contributed by atoms with Crippen LogP contribution in [0.25, 0.3) is 0 Å². The molecule has 0 radical (unpaired) electrons. The number of carboxylic acid groups (broad SMARTS) is 1. The van der Waals surface area contributed by atoms with Gasteiger partial charge >= 0.3 is 5.97 Å². The first kappa shape index (κ1) is 31.6. The van der Waals surface area contributed by atoms with Crippen molar-refractivity contribution in [2.24, 2.45) is 5.92 Å². The van der Waals surface area contributed by atoms with Crippen LogP contribution in [0, 0.1) is 5.92 Å². The van der Waals surface area contributed by atoms with Crippen LogP contribution >= 0.6 is 0 Å². The van der Waals surface area contributed by atoms with Crippen molar-refractivity contribution in [3.8, 4) is 17.2 Å². The van der Waals surface area contributed by atoms with E-state index in [1.54, 1.807) is 7.11 Å². The molecular weight excluding hydrogens is 534 g/mol. The highest BCUT2D eigenvalue weighted by molar-refractivity contribution is 5.79. The minimum atomic E-state index is -0.883. The fourth-order valence-corrected chi connectivity index (χ4v) is 6.10. The Morgan fingerprint density at radius 2 is 1.79 bits per heavy atom. The highest BCUT2D eigenvalue weighted by atomic mass is 16.5. The molecule has 3 unspecified atom stereocenters. The third kappa shape index (κ3) is 7.95. The minimum Gasteiger partial charge on any atom is -0.493 e. The number of amides is 1. The van der Waals surface area contributed by atoms with Crippen LogP contribution in [0.1, 0.15) is 49.7 Å². The molecular formula is C33H47N3O6. The molecule has 0 aliphatic carbocycles. The first-order chi connectivity index (χ1) is 20.3. The zero-order valence-electron chi connectivity index (χ0n) is 25.6. The van der Waals surface area contributed by atoms with E-state index in [1.807, 2.05) is 46.2 Å². The highest BCUT2D eigenvalue weighted by Crippen LogP contribution is 2.40. The summed E-state index contributed by atoms with van der Waals surface area (Å²) in [5, 5.41) is 10.5. The Labute approximate surface area is 250 Å². The SMILES string of the molecule is CCCCN(CCCCN(C)C)C(=O)CN1CC(c2ccc3c(c2)CCO3)C(C(=O)O)C1COc1ccccc1OC. The molecule has 9 heteroatoms. The Morgan fingerprint density at radius 1 is 1.05 bits per heavy atom. The van der Waals surface area contributed by atoms with Crippen molar-refractivity contribution in [3.63, 3.8) is 0 Å². The standard InChI is InChI=1S/C33H47N3O6/c1-5-6-17-35(18-10-9-16-34(2)3)31(37)22-36-21-26(24-13-14-28-25(20-24)15-19-41-28)32(33(38)39)27(36)23-42-30-12-8-7-11-29(30)40-4/h7-8,11-14,20,26-27,32H,5-6,9-10,15-19,21-23H2,1-4H3,(H,38,39). The molecule has 1 fully saturated rings. The van der Waals surface area contributed by atoms with E-state index in [9.17, 15) is 14.7 Å². The second-order valence-electron chi connectivity index (χ2n) is 11.6. The summed E-state index contributed by atoms with van der Waals surface area (Å²) in [5.41, 5.74) is 2.08. The fraction of sp³-hybridized carbons (Fsp3) is 0.576. The molecule has 230 valence electrons. The second-order valence-corrected chi connectivity index (χ2v) is 11.6. The van der Waals surface area contributed by atoms with Gasteiger partial charge in [-0.2, -0.15) is 0 Å². The van der Waals surface area contributed by atoms with Gasteiger partial charge in [0.2, 0.25) is 5.91 Å². The summed E-state index contributed by atoms with van der Waals surface area (Å²) >= 11 is 0. The van der Waals surface area contributed by atoms with Gasteiger partial charge in [0, 0.05) is 32.0 Å². The van der Waals surface area contributed by atoms with Crippen molar-refractivity contribution in [1.82, 2.24) is 14.7 Å². The number of rotatable bonds is 16. The van der Waals surface area contributed by atoms with Gasteiger partial charge < -0.3 is 29.1 Å². The molecule has 1 amide bonds. The fourth-order valence-electron chi connectivity index (χ4n) is 6.10. The van der Waals surface area contributed by atoms with E-state index in [4.69, 9.17) is 14.2 Å². The monoisotopic (exact) mass is 581 g/mol. The molecule has 0 saturated carbocycles. The number of likely N-dealkylation sites (tertiary alicyclic amines) is 1. The Kier molecular flexibility index (Phi) is 11.5. The molecule has 2 aliphatic heterocycles. The van der Waals surface area contributed by atoms with Crippen LogP contribution in [0.15, 0.2) is 42.5 Å². The van der Waals surface area contributed by atoms with Crippen molar-refractivity contribution in [3.05, 3.63) is 53.6 Å². The predicted molar refractivity (Wildman–Crippen MR) is 163 cm³/mol. The molecule has 2 heterocycles. The number of hydrogen-bond donors (Lipinski definition) is 1. The number of unbranched alkanes of at least 4 members (excludes halogenated alkanes) is 2. The molecule has 0 bridgehead atoms. The van der Waals surface area contributed by atoms with Crippen molar-refractivity contribution in [2.45, 2.75) is 51.0 Å². The number of carbonyl (C=O) groups is 2. The van der Waals surface area contributed by atoms with E-state index >= 15 is 0 Å². The normalized spacial score (nSPS) is 19.9. The number of nitrogens with zero attached hydrogens (tertiary/aromatic N) is 3. The average molecular weight is 582 g/mol. The van der Waals surface area contributed by atoms with E-state index in [0.29, 0.717) is 37.7 Å². The van der Waals surface area contributed by atoms with E-state index in [0.717, 1.165) is 55.5 Å². The summed E-state index contributed by atoms with van der Waals surface area (Å²) in [6.07, 6.45) is 4.72.